The minimum atomic E-state index is -4.22. The highest BCUT2D eigenvalue weighted by Crippen LogP contribution is 2.39. The number of hydrogen-bond acceptors (Lipinski definition) is 1. The van der Waals surface area contributed by atoms with Crippen LogP contribution in [0, 0.1) is 19.7 Å². The second-order valence-electron chi connectivity index (χ2n) is 4.42. The molecule has 0 aliphatic heterocycles. The Hall–Kier alpha value is -1.17. The molecule has 0 heterocycles. The molecular weight excluding hydrogens is 265 g/mol. The highest BCUT2D eigenvalue weighted by molar-refractivity contribution is 5.38. The fourth-order valence-electron chi connectivity index (χ4n) is 2.14. The number of benzene rings is 1. The zero-order chi connectivity index (χ0) is 14.8. The Bertz CT molecular complexity index is 422. The Morgan fingerprint density at radius 1 is 1.16 bits per heavy atom. The van der Waals surface area contributed by atoms with Crippen LogP contribution in [0.15, 0.2) is 12.1 Å². The molecular formula is C13H16F5N. The fourth-order valence-corrected chi connectivity index (χ4v) is 2.14. The Morgan fingerprint density at radius 2 is 1.63 bits per heavy atom. The Labute approximate surface area is 108 Å². The summed E-state index contributed by atoms with van der Waals surface area (Å²) < 4.78 is 65.5. The molecule has 0 spiro atoms. The van der Waals surface area contributed by atoms with Crippen LogP contribution in [0.5, 0.6) is 0 Å². The van der Waals surface area contributed by atoms with Gasteiger partial charge in [-0.3, -0.25) is 0 Å². The summed E-state index contributed by atoms with van der Waals surface area (Å²) in [6.07, 6.45) is -3.79. The molecule has 1 aromatic carbocycles. The van der Waals surface area contributed by atoms with E-state index in [1.54, 1.807) is 6.92 Å². The van der Waals surface area contributed by atoms with Gasteiger partial charge in [-0.2, -0.15) is 8.78 Å². The standard InChI is InChI=1S/C13H16F5N/c1-4-19-11(13(17,18)12(15)16)10-7(2)5-9(14)6-8(10)3/h5-6,11-12,19H,4H2,1-3H3. The molecule has 1 nitrogen and oxygen atoms in total. The van der Waals surface area contributed by atoms with Crippen molar-refractivity contribution in [3.63, 3.8) is 0 Å². The highest BCUT2D eigenvalue weighted by atomic mass is 19.3. The zero-order valence-corrected chi connectivity index (χ0v) is 10.9. The van der Waals surface area contributed by atoms with Gasteiger partial charge < -0.3 is 5.32 Å². The van der Waals surface area contributed by atoms with Crippen molar-refractivity contribution in [2.45, 2.75) is 39.2 Å². The third-order valence-corrected chi connectivity index (χ3v) is 2.93. The lowest BCUT2D eigenvalue weighted by Crippen LogP contribution is -2.43. The van der Waals surface area contributed by atoms with Crippen molar-refractivity contribution in [2.24, 2.45) is 0 Å². The first-order chi connectivity index (χ1) is 8.71. The second kappa shape index (κ2) is 5.86. The molecule has 1 atom stereocenters. The topological polar surface area (TPSA) is 12.0 Å². The van der Waals surface area contributed by atoms with Crippen LogP contribution >= 0.6 is 0 Å². The van der Waals surface area contributed by atoms with E-state index in [1.165, 1.54) is 13.8 Å². The Balaban J connectivity index is 3.35. The first-order valence-corrected chi connectivity index (χ1v) is 5.87. The van der Waals surface area contributed by atoms with Crippen LogP contribution in [-0.4, -0.2) is 18.9 Å². The monoisotopic (exact) mass is 281 g/mol. The average Bonchev–Trinajstić information content (AvgIpc) is 2.26. The van der Waals surface area contributed by atoms with E-state index >= 15 is 0 Å². The van der Waals surface area contributed by atoms with E-state index in [0.29, 0.717) is 0 Å². The number of aryl methyl sites for hydroxylation is 2. The van der Waals surface area contributed by atoms with Gasteiger partial charge >= 0.3 is 12.3 Å². The molecule has 19 heavy (non-hydrogen) atoms. The average molecular weight is 281 g/mol. The van der Waals surface area contributed by atoms with Crippen LogP contribution in [0.1, 0.15) is 29.7 Å². The Morgan fingerprint density at radius 3 is 2.00 bits per heavy atom. The second-order valence-corrected chi connectivity index (χ2v) is 4.42. The molecule has 1 rings (SSSR count). The quantitative estimate of drug-likeness (QED) is 0.805. The van der Waals surface area contributed by atoms with E-state index in [-0.39, 0.29) is 23.2 Å². The molecule has 0 aliphatic rings. The normalized spacial score (nSPS) is 13.9. The van der Waals surface area contributed by atoms with E-state index in [4.69, 9.17) is 0 Å². The van der Waals surface area contributed by atoms with E-state index in [0.717, 1.165) is 12.1 Å². The lowest BCUT2D eigenvalue weighted by atomic mass is 9.92. The van der Waals surface area contributed by atoms with Crippen molar-refractivity contribution in [1.82, 2.24) is 5.32 Å². The van der Waals surface area contributed by atoms with Crippen molar-refractivity contribution >= 4 is 0 Å². The van der Waals surface area contributed by atoms with Gasteiger partial charge in [0.1, 0.15) is 11.9 Å². The minimum absolute atomic E-state index is 0.0218. The SMILES string of the molecule is CCNC(c1c(C)cc(F)cc1C)C(F)(F)C(F)F. The van der Waals surface area contributed by atoms with Crippen molar-refractivity contribution in [2.75, 3.05) is 6.54 Å². The summed E-state index contributed by atoms with van der Waals surface area (Å²) >= 11 is 0. The van der Waals surface area contributed by atoms with E-state index in [1.807, 2.05) is 0 Å². The van der Waals surface area contributed by atoms with Gasteiger partial charge in [-0.15, -0.1) is 0 Å². The number of hydrogen-bond donors (Lipinski definition) is 1. The number of nitrogens with one attached hydrogen (secondary N) is 1. The molecule has 6 heteroatoms. The van der Waals surface area contributed by atoms with Crippen LogP contribution in [0.4, 0.5) is 22.0 Å². The molecule has 0 aliphatic carbocycles. The summed E-state index contributed by atoms with van der Waals surface area (Å²) in [4.78, 5) is 0. The predicted octanol–water partition coefficient (Wildman–Crippen LogP) is 3.99. The molecule has 0 bridgehead atoms. The van der Waals surface area contributed by atoms with Gasteiger partial charge in [0, 0.05) is 0 Å². The van der Waals surface area contributed by atoms with Crippen molar-refractivity contribution in [3.8, 4) is 0 Å². The maximum absolute atomic E-state index is 13.6. The van der Waals surface area contributed by atoms with Gasteiger partial charge in [0.05, 0.1) is 0 Å². The minimum Gasteiger partial charge on any atom is -0.305 e. The van der Waals surface area contributed by atoms with Crippen LogP contribution in [0.25, 0.3) is 0 Å². The predicted molar refractivity (Wildman–Crippen MR) is 63.2 cm³/mol. The third-order valence-electron chi connectivity index (χ3n) is 2.93. The molecule has 0 fully saturated rings. The number of rotatable bonds is 5. The maximum atomic E-state index is 13.6. The van der Waals surface area contributed by atoms with E-state index in [9.17, 15) is 22.0 Å². The molecule has 1 N–H and O–H groups in total. The molecule has 0 saturated heterocycles. The lowest BCUT2D eigenvalue weighted by Gasteiger charge is -2.29. The van der Waals surface area contributed by atoms with E-state index in [2.05, 4.69) is 5.32 Å². The van der Waals surface area contributed by atoms with Gasteiger partial charge in [0.2, 0.25) is 0 Å². The molecule has 0 amide bonds. The van der Waals surface area contributed by atoms with Crippen LogP contribution in [0.3, 0.4) is 0 Å². The highest BCUT2D eigenvalue weighted by Gasteiger charge is 2.49. The summed E-state index contributed by atoms with van der Waals surface area (Å²) in [6, 6.07) is 0.292. The largest absolute Gasteiger partial charge is 0.326 e. The summed E-state index contributed by atoms with van der Waals surface area (Å²) in [5, 5.41) is 2.37. The molecule has 1 aromatic rings. The molecule has 0 saturated carbocycles. The maximum Gasteiger partial charge on any atom is 0.326 e. The number of alkyl halides is 4. The van der Waals surface area contributed by atoms with E-state index < -0.39 is 24.2 Å². The molecule has 108 valence electrons. The fraction of sp³-hybridized carbons (Fsp3) is 0.538. The van der Waals surface area contributed by atoms with Gasteiger partial charge in [-0.05, 0) is 49.2 Å². The van der Waals surface area contributed by atoms with Crippen molar-refractivity contribution in [1.29, 1.82) is 0 Å². The first kappa shape index (κ1) is 15.9. The molecule has 0 radical (unpaired) electrons. The van der Waals surface area contributed by atoms with Crippen molar-refractivity contribution in [3.05, 3.63) is 34.6 Å². The van der Waals surface area contributed by atoms with Gasteiger partial charge in [0.15, 0.2) is 0 Å². The van der Waals surface area contributed by atoms with Crippen LogP contribution < -0.4 is 5.32 Å². The summed E-state index contributed by atoms with van der Waals surface area (Å²) in [6.45, 7) is 4.50. The summed E-state index contributed by atoms with van der Waals surface area (Å²) in [5.41, 5.74) is 0.473. The third kappa shape index (κ3) is 3.23. The van der Waals surface area contributed by atoms with Crippen LogP contribution in [0.2, 0.25) is 0 Å². The van der Waals surface area contributed by atoms with Gasteiger partial charge in [0.25, 0.3) is 0 Å². The van der Waals surface area contributed by atoms with Gasteiger partial charge in [-0.25, -0.2) is 13.2 Å². The van der Waals surface area contributed by atoms with Crippen molar-refractivity contribution < 1.29 is 22.0 Å². The summed E-state index contributed by atoms with van der Waals surface area (Å²) in [5.74, 6) is -4.79. The zero-order valence-electron chi connectivity index (χ0n) is 10.9. The van der Waals surface area contributed by atoms with Crippen LogP contribution in [-0.2, 0) is 0 Å². The van der Waals surface area contributed by atoms with Gasteiger partial charge in [-0.1, -0.05) is 6.92 Å². The molecule has 0 aromatic heterocycles. The first-order valence-electron chi connectivity index (χ1n) is 5.87. The summed E-state index contributed by atoms with van der Waals surface area (Å²) in [7, 11) is 0. The molecule has 1 unspecified atom stereocenters. The Kier molecular flexibility index (Phi) is 4.90. The number of halogens is 5. The lowest BCUT2D eigenvalue weighted by molar-refractivity contribution is -0.151. The smallest absolute Gasteiger partial charge is 0.305 e.